The molecule has 194 valence electrons. The summed E-state index contributed by atoms with van der Waals surface area (Å²) in [5, 5.41) is 7.47. The molecule has 1 atom stereocenters. The Morgan fingerprint density at radius 2 is 1.75 bits per heavy atom. The number of rotatable bonds is 6. The molecule has 7 nitrogen and oxygen atoms in total. The summed E-state index contributed by atoms with van der Waals surface area (Å²) in [6.45, 7) is 7.28. The van der Waals surface area contributed by atoms with Gasteiger partial charge in [0.1, 0.15) is 11.6 Å². The van der Waals surface area contributed by atoms with Gasteiger partial charge in [0, 0.05) is 43.7 Å². The number of nitrogens with zero attached hydrogens (tertiary/aromatic N) is 4. The summed E-state index contributed by atoms with van der Waals surface area (Å²) in [6, 6.07) is 13.5. The Balaban J connectivity index is 1.33. The molecule has 8 heteroatoms. The first-order chi connectivity index (χ1) is 17.6. The van der Waals surface area contributed by atoms with Crippen LogP contribution < -0.4 is 20.4 Å². The van der Waals surface area contributed by atoms with E-state index in [-0.39, 0.29) is 5.41 Å². The monoisotopic (exact) mass is 508 g/mol. The number of thiocarbonyl (C=S) groups is 1. The number of benzene rings is 1. The van der Waals surface area contributed by atoms with E-state index in [0.29, 0.717) is 17.1 Å². The molecule has 3 aliphatic rings. The zero-order valence-corrected chi connectivity index (χ0v) is 22.4. The van der Waals surface area contributed by atoms with Crippen molar-refractivity contribution in [3.05, 3.63) is 42.0 Å². The van der Waals surface area contributed by atoms with Gasteiger partial charge in [-0.1, -0.05) is 49.6 Å². The lowest BCUT2D eigenvalue weighted by molar-refractivity contribution is 0.122. The molecule has 0 unspecified atom stereocenters. The van der Waals surface area contributed by atoms with Gasteiger partial charge in [0.15, 0.2) is 5.11 Å². The summed E-state index contributed by atoms with van der Waals surface area (Å²) in [6.07, 6.45) is 9.89. The molecule has 3 fully saturated rings. The van der Waals surface area contributed by atoms with Crippen LogP contribution in [0, 0.1) is 0 Å². The predicted octanol–water partition coefficient (Wildman–Crippen LogP) is 4.88. The molecule has 2 aromatic rings. The minimum absolute atomic E-state index is 0.121. The highest BCUT2D eigenvalue weighted by atomic mass is 32.1. The first-order valence-electron chi connectivity index (χ1n) is 13.7. The highest BCUT2D eigenvalue weighted by Crippen LogP contribution is 2.39. The Kier molecular flexibility index (Phi) is 8.22. The highest BCUT2D eigenvalue weighted by molar-refractivity contribution is 7.80. The van der Waals surface area contributed by atoms with Crippen LogP contribution in [0.4, 0.5) is 17.6 Å². The van der Waals surface area contributed by atoms with Crippen LogP contribution in [0.25, 0.3) is 0 Å². The van der Waals surface area contributed by atoms with Gasteiger partial charge in [-0.25, -0.2) is 0 Å². The third-order valence-corrected chi connectivity index (χ3v) is 8.39. The van der Waals surface area contributed by atoms with Crippen molar-refractivity contribution >= 4 is 34.9 Å². The van der Waals surface area contributed by atoms with Gasteiger partial charge in [-0.05, 0) is 56.8 Å². The van der Waals surface area contributed by atoms with Crippen molar-refractivity contribution in [2.45, 2.75) is 69.7 Å². The molecule has 0 spiro atoms. The lowest BCUT2D eigenvalue weighted by atomic mass is 9.69. The van der Waals surface area contributed by atoms with E-state index in [1.54, 1.807) is 0 Å². The quantitative estimate of drug-likeness (QED) is 0.535. The number of ether oxygens (including phenoxy) is 1. The molecular weight excluding hydrogens is 468 g/mol. The lowest BCUT2D eigenvalue weighted by Gasteiger charge is -2.38. The molecule has 0 radical (unpaired) electrons. The minimum atomic E-state index is 0.121. The summed E-state index contributed by atoms with van der Waals surface area (Å²) in [5.41, 5.74) is 1.53. The SMILES string of the molecule is C[C@@H]1CCCCN1c1cc(N2CCOCC2)nc(NC(=S)NCC2(c3ccccc3)CCCCC2)n1. The van der Waals surface area contributed by atoms with Crippen molar-refractivity contribution in [2.75, 3.05) is 54.5 Å². The second kappa shape index (κ2) is 11.7. The van der Waals surface area contributed by atoms with E-state index in [4.69, 9.17) is 26.9 Å². The highest BCUT2D eigenvalue weighted by Gasteiger charge is 2.34. The normalized spacial score (nSPS) is 22.2. The van der Waals surface area contributed by atoms with E-state index in [9.17, 15) is 0 Å². The molecule has 2 saturated heterocycles. The molecule has 2 N–H and O–H groups in total. The molecule has 0 amide bonds. The Labute approximate surface area is 221 Å². The van der Waals surface area contributed by atoms with Gasteiger partial charge in [0.25, 0.3) is 0 Å². The van der Waals surface area contributed by atoms with Crippen molar-refractivity contribution in [3.8, 4) is 0 Å². The maximum absolute atomic E-state index is 5.78. The fourth-order valence-corrected chi connectivity index (χ4v) is 6.16. The van der Waals surface area contributed by atoms with Crippen LogP contribution in [-0.4, -0.2) is 60.5 Å². The molecule has 2 aliphatic heterocycles. The fourth-order valence-electron chi connectivity index (χ4n) is 6.00. The van der Waals surface area contributed by atoms with Gasteiger partial charge in [0.05, 0.1) is 13.2 Å². The second-order valence-electron chi connectivity index (χ2n) is 10.6. The minimum Gasteiger partial charge on any atom is -0.378 e. The number of morpholine rings is 1. The summed E-state index contributed by atoms with van der Waals surface area (Å²) >= 11 is 5.78. The third-order valence-electron chi connectivity index (χ3n) is 8.14. The summed E-state index contributed by atoms with van der Waals surface area (Å²) in [7, 11) is 0. The molecule has 0 bridgehead atoms. The van der Waals surface area contributed by atoms with Crippen molar-refractivity contribution in [1.82, 2.24) is 15.3 Å². The third kappa shape index (κ3) is 5.92. The van der Waals surface area contributed by atoms with Gasteiger partial charge >= 0.3 is 0 Å². The van der Waals surface area contributed by atoms with E-state index >= 15 is 0 Å². The standard InChI is InChI=1S/C28H40N6OS/c1-22-10-6-9-15-34(22)25-20-24(33-16-18-35-19-17-33)30-26(31-25)32-27(36)29-21-28(13-7-3-8-14-28)23-11-4-2-5-12-23/h2,4-5,11-12,20,22H,3,6-10,13-19,21H2,1H3,(H2,29,30,31,32,36)/t22-/m1/s1. The molecule has 36 heavy (non-hydrogen) atoms. The Morgan fingerprint density at radius 3 is 2.50 bits per heavy atom. The molecule has 5 rings (SSSR count). The van der Waals surface area contributed by atoms with Crippen molar-refractivity contribution < 1.29 is 4.74 Å². The number of hydrogen-bond donors (Lipinski definition) is 2. The number of anilines is 3. The van der Waals surface area contributed by atoms with Gasteiger partial charge < -0.3 is 25.2 Å². The van der Waals surface area contributed by atoms with Gasteiger partial charge in [0.2, 0.25) is 5.95 Å². The Hall–Kier alpha value is -2.45. The van der Waals surface area contributed by atoms with E-state index in [2.05, 4.69) is 63.8 Å². The van der Waals surface area contributed by atoms with Crippen molar-refractivity contribution in [1.29, 1.82) is 0 Å². The Bertz CT molecular complexity index is 1010. The van der Waals surface area contributed by atoms with Crippen molar-refractivity contribution in [2.24, 2.45) is 0 Å². The van der Waals surface area contributed by atoms with Crippen LogP contribution in [0.1, 0.15) is 63.9 Å². The van der Waals surface area contributed by atoms with Crippen LogP contribution in [0.3, 0.4) is 0 Å². The lowest BCUT2D eigenvalue weighted by Crippen LogP contribution is -2.44. The second-order valence-corrected chi connectivity index (χ2v) is 11.0. The van der Waals surface area contributed by atoms with E-state index in [1.807, 2.05) is 0 Å². The smallest absolute Gasteiger partial charge is 0.232 e. The summed E-state index contributed by atoms with van der Waals surface area (Å²) in [5.74, 6) is 2.50. The number of hydrogen-bond acceptors (Lipinski definition) is 6. The molecule has 3 heterocycles. The van der Waals surface area contributed by atoms with Gasteiger partial charge in [-0.3, -0.25) is 0 Å². The molecule has 1 aromatic carbocycles. The number of nitrogens with one attached hydrogen (secondary N) is 2. The van der Waals surface area contributed by atoms with E-state index in [0.717, 1.165) is 51.0 Å². The van der Waals surface area contributed by atoms with Crippen LogP contribution in [0.15, 0.2) is 36.4 Å². The zero-order chi connectivity index (χ0) is 24.8. The Morgan fingerprint density at radius 1 is 1.00 bits per heavy atom. The largest absolute Gasteiger partial charge is 0.378 e. The average Bonchev–Trinajstić information content (AvgIpc) is 2.93. The van der Waals surface area contributed by atoms with E-state index in [1.165, 1.54) is 56.9 Å². The molecule has 1 saturated carbocycles. The molecule has 1 aliphatic carbocycles. The van der Waals surface area contributed by atoms with Crippen LogP contribution in [-0.2, 0) is 10.2 Å². The fraction of sp³-hybridized carbons (Fsp3) is 0.607. The number of piperidine rings is 1. The van der Waals surface area contributed by atoms with E-state index < -0.39 is 0 Å². The number of aromatic nitrogens is 2. The molecular formula is C28H40N6OS. The van der Waals surface area contributed by atoms with Gasteiger partial charge in [-0.15, -0.1) is 0 Å². The van der Waals surface area contributed by atoms with Crippen molar-refractivity contribution in [3.63, 3.8) is 0 Å². The first-order valence-corrected chi connectivity index (χ1v) is 14.1. The van der Waals surface area contributed by atoms with Crippen LogP contribution in [0.5, 0.6) is 0 Å². The summed E-state index contributed by atoms with van der Waals surface area (Å²) < 4.78 is 5.57. The maximum Gasteiger partial charge on any atom is 0.232 e. The zero-order valence-electron chi connectivity index (χ0n) is 21.5. The first kappa shape index (κ1) is 25.2. The predicted molar refractivity (Wildman–Crippen MR) is 151 cm³/mol. The van der Waals surface area contributed by atoms with Crippen LogP contribution in [0.2, 0.25) is 0 Å². The summed E-state index contributed by atoms with van der Waals surface area (Å²) in [4.78, 5) is 14.5. The topological polar surface area (TPSA) is 65.6 Å². The van der Waals surface area contributed by atoms with Crippen LogP contribution >= 0.6 is 12.2 Å². The molecule has 1 aromatic heterocycles. The maximum atomic E-state index is 5.78. The van der Waals surface area contributed by atoms with Gasteiger partial charge in [-0.2, -0.15) is 9.97 Å². The average molecular weight is 509 g/mol.